The average Bonchev–Trinajstić information content (AvgIpc) is 0. The van der Waals surface area contributed by atoms with E-state index < -0.39 is 0 Å². The van der Waals surface area contributed by atoms with E-state index in [1.165, 1.54) is 0 Å². The Morgan fingerprint density at radius 2 is 1.25 bits per heavy atom. The monoisotopic (exact) mass is 331 g/mol. The van der Waals surface area contributed by atoms with Gasteiger partial charge in [-0.05, 0) is 0 Å². The van der Waals surface area contributed by atoms with Crippen molar-refractivity contribution in [3.8, 4) is 0 Å². The van der Waals surface area contributed by atoms with Crippen molar-refractivity contribution in [1.29, 1.82) is 0 Å². The summed E-state index contributed by atoms with van der Waals surface area (Å²) < 4.78 is 0. The predicted molar refractivity (Wildman–Crippen MR) is 16.8 cm³/mol. The van der Waals surface area contributed by atoms with Gasteiger partial charge in [0.25, 0.3) is 0 Å². The number of rotatable bonds is 0. The van der Waals surface area contributed by atoms with E-state index in [1.54, 1.807) is 0 Å². The van der Waals surface area contributed by atoms with Crippen molar-refractivity contribution in [3.63, 3.8) is 0 Å². The molecule has 0 aliphatic rings. The predicted octanol–water partition coefficient (Wildman–Crippen LogP) is -4.45. The third kappa shape index (κ3) is 8.93. The Morgan fingerprint density at radius 1 is 1.25 bits per heavy atom. The van der Waals surface area contributed by atoms with Crippen molar-refractivity contribution < 1.29 is 48.1 Å². The van der Waals surface area contributed by atoms with E-state index in [1.807, 2.05) is 0 Å². The summed E-state index contributed by atoms with van der Waals surface area (Å²) in [7, 11) is 0. The Balaban J connectivity index is 0. The molecule has 0 aromatic carbocycles. The van der Waals surface area contributed by atoms with Gasteiger partial charge in [-0.1, -0.05) is 0 Å². The summed E-state index contributed by atoms with van der Waals surface area (Å²) in [6, 6.07) is 0. The minimum absolute atomic E-state index is 0. The summed E-state index contributed by atoms with van der Waals surface area (Å²) in [6.07, 6.45) is 0. The van der Waals surface area contributed by atoms with Gasteiger partial charge in [0.2, 0.25) is 0 Å². The van der Waals surface area contributed by atoms with Gasteiger partial charge in [-0.2, -0.15) is 0 Å². The van der Waals surface area contributed by atoms with Gasteiger partial charge in [-0.15, -0.1) is 0 Å². The molecule has 0 amide bonds. The second kappa shape index (κ2) is 16.5. The van der Waals surface area contributed by atoms with Gasteiger partial charge in [0.1, 0.15) is 0 Å². The van der Waals surface area contributed by atoms with Crippen LogP contribution in [0.4, 0.5) is 0 Å². The topological polar surface area (TPSA) is 0 Å². The molecule has 0 atom stereocenters. The van der Waals surface area contributed by atoms with Crippen LogP contribution in [0.3, 0.4) is 0 Å². The zero-order chi connectivity index (χ0) is 0. The summed E-state index contributed by atoms with van der Waals surface area (Å²) in [5.41, 5.74) is 0. The first-order valence-electron chi connectivity index (χ1n) is 0. The standard InChI is InChI=1S/Cu.Na.Sb.Sn.4H/q;+1;;;;;;-1. The molecule has 0 saturated carbocycles. The van der Waals surface area contributed by atoms with Crippen LogP contribution in [0.1, 0.15) is 1.43 Å². The third-order valence-electron chi connectivity index (χ3n) is 0. The van der Waals surface area contributed by atoms with Gasteiger partial charge in [-0.3, -0.25) is 0 Å². The van der Waals surface area contributed by atoms with Crippen molar-refractivity contribution in [2.75, 3.05) is 0 Å². The maximum absolute atomic E-state index is 0. The first-order valence-corrected chi connectivity index (χ1v) is 0. The number of hydrogen-bond acceptors (Lipinski definition) is 0. The van der Waals surface area contributed by atoms with Crippen LogP contribution in [-0.2, 0) is 17.1 Å². The molecule has 5 radical (unpaired) electrons. The van der Waals surface area contributed by atoms with E-state index in [-0.39, 0.29) is 96.4 Å². The summed E-state index contributed by atoms with van der Waals surface area (Å²) in [5, 5.41) is 0. The molecule has 0 N–H and O–H groups in total. The van der Waals surface area contributed by atoms with Crippen molar-refractivity contribution in [2.45, 2.75) is 0 Å². The first kappa shape index (κ1) is 27.3. The molecule has 0 spiro atoms. The molecule has 0 nitrogen and oxygen atoms in total. The van der Waals surface area contributed by atoms with E-state index in [2.05, 4.69) is 0 Å². The second-order valence-corrected chi connectivity index (χ2v) is 0. The molecule has 0 aromatic heterocycles. The third-order valence-corrected chi connectivity index (χ3v) is 0. The van der Waals surface area contributed by atoms with E-state index >= 15 is 0 Å². The normalized spacial score (nSPS) is 0. The van der Waals surface area contributed by atoms with Crippen molar-refractivity contribution in [3.05, 3.63) is 0 Å². The van der Waals surface area contributed by atoms with Gasteiger partial charge in [-0.25, -0.2) is 0 Å². The molecule has 0 aromatic rings. The molecule has 4 heteroatoms. The van der Waals surface area contributed by atoms with Crippen LogP contribution in [0.25, 0.3) is 0 Å². The van der Waals surface area contributed by atoms with E-state index in [9.17, 15) is 0 Å². The van der Waals surface area contributed by atoms with Crippen LogP contribution in [0.15, 0.2) is 0 Å². The maximum atomic E-state index is 0. The van der Waals surface area contributed by atoms with Gasteiger partial charge >= 0.3 is 77.9 Å². The second-order valence-electron chi connectivity index (χ2n) is 0. The summed E-state index contributed by atoms with van der Waals surface area (Å²) in [5.74, 6) is 0. The summed E-state index contributed by atoms with van der Waals surface area (Å²) in [6.45, 7) is 0. The molecular weight excluding hydrogens is 327 g/mol. The van der Waals surface area contributed by atoms with Crippen LogP contribution in [-0.4, -0.2) is 48.3 Å². The molecule has 0 saturated heterocycles. The fourth-order valence-corrected chi connectivity index (χ4v) is 0. The van der Waals surface area contributed by atoms with Gasteiger partial charge in [0, 0.05) is 17.1 Å². The Labute approximate surface area is 94.5 Å². The Kier molecular flexibility index (Phi) is 112. The van der Waals surface area contributed by atoms with E-state index in [0.717, 1.165) is 0 Å². The molecule has 0 aliphatic heterocycles. The van der Waals surface area contributed by atoms with Crippen LogP contribution in [0.5, 0.6) is 0 Å². The fourth-order valence-electron chi connectivity index (χ4n) is 0. The molecule has 0 bridgehead atoms. The van der Waals surface area contributed by atoms with Gasteiger partial charge < -0.3 is 1.43 Å². The summed E-state index contributed by atoms with van der Waals surface area (Å²) >= 11 is 0. The summed E-state index contributed by atoms with van der Waals surface area (Å²) in [4.78, 5) is 0. The molecule has 0 fully saturated rings. The molecule has 0 heterocycles. The quantitative estimate of drug-likeness (QED) is 0.393. The van der Waals surface area contributed by atoms with Gasteiger partial charge in [0.15, 0.2) is 0 Å². The van der Waals surface area contributed by atoms with Crippen molar-refractivity contribution in [1.82, 2.24) is 0 Å². The minimum atomic E-state index is 0. The van der Waals surface area contributed by atoms with Crippen LogP contribution < -0.4 is 29.6 Å². The SMILES string of the molecule is [Cu].[H-].[Na+].[SbH2].[SnH]. The van der Waals surface area contributed by atoms with Crippen molar-refractivity contribution >= 4 is 48.3 Å². The van der Waals surface area contributed by atoms with E-state index in [0.29, 0.717) is 0 Å². The Bertz CT molecular complexity index is 11.6. The molecule has 0 unspecified atom stereocenters. The zero-order valence-electron chi connectivity index (χ0n) is 3.46. The molecule has 25 valence electrons. The average molecular weight is 331 g/mol. The van der Waals surface area contributed by atoms with Crippen molar-refractivity contribution in [2.24, 2.45) is 0 Å². The van der Waals surface area contributed by atoms with E-state index in [4.69, 9.17) is 0 Å². The molecule has 4 heavy (non-hydrogen) atoms. The van der Waals surface area contributed by atoms with Crippen LogP contribution in [0.2, 0.25) is 0 Å². The fraction of sp³-hybridized carbons (Fsp3) is 0. The van der Waals surface area contributed by atoms with Gasteiger partial charge in [0.05, 0.1) is 0 Å². The van der Waals surface area contributed by atoms with Crippen LogP contribution >= 0.6 is 0 Å². The molecular formula is H4CuNaSbSn. The molecule has 0 aliphatic carbocycles. The zero-order valence-corrected chi connectivity index (χ0v) is 12.0. The van der Waals surface area contributed by atoms with Crippen LogP contribution in [0, 0.1) is 0 Å². The Morgan fingerprint density at radius 3 is 1.25 bits per heavy atom. The molecule has 0 rings (SSSR count). The first-order chi connectivity index (χ1) is 0. The Hall–Kier alpha value is 3.14. The number of hydrogen-bond donors (Lipinski definition) is 0.